The summed E-state index contributed by atoms with van der Waals surface area (Å²) in [6.45, 7) is 11.6. The monoisotopic (exact) mass is 602 g/mol. The van der Waals surface area contributed by atoms with Gasteiger partial charge in [0, 0.05) is 12.3 Å². The molecule has 2 unspecified atom stereocenters. The largest absolute Gasteiger partial charge is 0.459 e. The van der Waals surface area contributed by atoms with E-state index < -0.39 is 50.8 Å². The van der Waals surface area contributed by atoms with Crippen LogP contribution in [0.2, 0.25) is 5.04 Å². The summed E-state index contributed by atoms with van der Waals surface area (Å²) >= 11 is 0. The molecule has 0 amide bonds. The highest BCUT2D eigenvalue weighted by Gasteiger charge is 2.56. The Balaban J connectivity index is 1.77. The minimum atomic E-state index is -3.11. The van der Waals surface area contributed by atoms with Crippen LogP contribution in [-0.2, 0) is 28.2 Å². The van der Waals surface area contributed by atoms with E-state index in [0.29, 0.717) is 5.56 Å². The van der Waals surface area contributed by atoms with Gasteiger partial charge in [-0.25, -0.2) is 4.79 Å². The standard InChI is InChI=1S/C35H42O7Si/c1-24(36)22-23-30(37)40-31-25(2)32(41-33(38)27-16-10-7-11-17-27)34(39-26(31)3)42-43(35(4,5)6,28-18-12-8-13-19-28)29-20-14-9-15-21-29/h7-21,25-26,31-32,34H,22-23H2,1-6H3/t25-,26?,31-,32?,34-/m0/s1. The molecule has 0 aromatic heterocycles. The van der Waals surface area contributed by atoms with Gasteiger partial charge in [0.25, 0.3) is 8.32 Å². The van der Waals surface area contributed by atoms with Gasteiger partial charge >= 0.3 is 11.9 Å². The number of hydrogen-bond donors (Lipinski definition) is 0. The average Bonchev–Trinajstić information content (AvgIpc) is 2.99. The summed E-state index contributed by atoms with van der Waals surface area (Å²) in [4.78, 5) is 37.6. The van der Waals surface area contributed by atoms with Crippen molar-refractivity contribution < 1.29 is 33.0 Å². The smallest absolute Gasteiger partial charge is 0.338 e. The summed E-state index contributed by atoms with van der Waals surface area (Å²) in [5.74, 6) is -1.58. The van der Waals surface area contributed by atoms with Gasteiger partial charge in [0.2, 0.25) is 0 Å². The molecule has 1 heterocycles. The third-order valence-electron chi connectivity index (χ3n) is 8.03. The van der Waals surface area contributed by atoms with Gasteiger partial charge in [0.05, 0.1) is 18.1 Å². The highest BCUT2D eigenvalue weighted by atomic mass is 28.4. The molecule has 1 aliphatic heterocycles. The van der Waals surface area contributed by atoms with Crippen molar-refractivity contribution in [3.63, 3.8) is 0 Å². The van der Waals surface area contributed by atoms with Gasteiger partial charge in [-0.1, -0.05) is 107 Å². The first-order valence-corrected chi connectivity index (χ1v) is 16.7. The molecule has 1 fully saturated rings. The topological polar surface area (TPSA) is 88.1 Å². The molecule has 8 heteroatoms. The molecule has 0 spiro atoms. The number of Topliss-reactive ketones (excluding diaryl/α,β-unsaturated/α-hetero) is 1. The molecule has 0 radical (unpaired) electrons. The van der Waals surface area contributed by atoms with Crippen molar-refractivity contribution in [1.82, 2.24) is 0 Å². The molecule has 0 aliphatic carbocycles. The van der Waals surface area contributed by atoms with Crippen molar-refractivity contribution in [3.05, 3.63) is 96.6 Å². The van der Waals surface area contributed by atoms with E-state index in [2.05, 4.69) is 45.0 Å². The molecule has 3 aromatic carbocycles. The number of ether oxygens (including phenoxy) is 3. The first kappa shape index (κ1) is 32.3. The summed E-state index contributed by atoms with van der Waals surface area (Å²) in [5, 5.41) is 1.77. The fourth-order valence-corrected chi connectivity index (χ4v) is 10.4. The normalized spacial score (nSPS) is 22.4. The van der Waals surface area contributed by atoms with E-state index in [4.69, 9.17) is 18.6 Å². The Morgan fingerprint density at radius 1 is 0.744 bits per heavy atom. The highest BCUT2D eigenvalue weighted by Crippen LogP contribution is 2.41. The summed E-state index contributed by atoms with van der Waals surface area (Å²) in [6.07, 6.45) is -3.05. The summed E-state index contributed by atoms with van der Waals surface area (Å²) < 4.78 is 25.8. The fourth-order valence-electron chi connectivity index (χ4n) is 5.81. The van der Waals surface area contributed by atoms with Gasteiger partial charge in [-0.05, 0) is 41.4 Å². The molecule has 3 aromatic rings. The quantitative estimate of drug-likeness (QED) is 0.225. The lowest BCUT2D eigenvalue weighted by Gasteiger charge is -2.50. The first-order chi connectivity index (χ1) is 20.4. The van der Waals surface area contributed by atoms with Gasteiger partial charge < -0.3 is 23.4 Å². The molecular weight excluding hydrogens is 560 g/mol. The Hall–Kier alpha value is -3.59. The number of hydrogen-bond acceptors (Lipinski definition) is 7. The third-order valence-corrected chi connectivity index (χ3v) is 13.0. The minimum Gasteiger partial charge on any atom is -0.459 e. The number of rotatable bonds is 10. The van der Waals surface area contributed by atoms with Crippen molar-refractivity contribution in [3.8, 4) is 0 Å². The van der Waals surface area contributed by atoms with Crippen molar-refractivity contribution >= 4 is 36.4 Å². The van der Waals surface area contributed by atoms with Crippen LogP contribution in [0.25, 0.3) is 0 Å². The number of esters is 2. The Kier molecular flexibility index (Phi) is 10.4. The zero-order chi connectivity index (χ0) is 31.2. The SMILES string of the molecule is CC(=O)CCC(=O)O[C@@H]1C(C)O[C@@H](O[Si](c2ccccc2)(c2ccccc2)C(C)(C)C)C(OC(=O)c2ccccc2)[C@H]1C. The third kappa shape index (κ3) is 7.32. The lowest BCUT2D eigenvalue weighted by atomic mass is 9.90. The lowest BCUT2D eigenvalue weighted by Crippen LogP contribution is -2.70. The van der Waals surface area contributed by atoms with E-state index in [-0.39, 0.29) is 23.7 Å². The summed E-state index contributed by atoms with van der Waals surface area (Å²) in [7, 11) is -3.11. The molecule has 1 aliphatic rings. The first-order valence-electron chi connectivity index (χ1n) is 14.8. The molecular formula is C35H42O7Si. The number of carbonyl (C=O) groups excluding carboxylic acids is 3. The van der Waals surface area contributed by atoms with Crippen LogP contribution in [0.4, 0.5) is 0 Å². The van der Waals surface area contributed by atoms with Crippen LogP contribution < -0.4 is 10.4 Å². The molecule has 1 saturated heterocycles. The molecule has 43 heavy (non-hydrogen) atoms. The second-order valence-corrected chi connectivity index (χ2v) is 16.5. The van der Waals surface area contributed by atoms with Crippen LogP contribution >= 0.6 is 0 Å². The maximum atomic E-state index is 13.4. The van der Waals surface area contributed by atoms with E-state index in [0.717, 1.165) is 10.4 Å². The summed E-state index contributed by atoms with van der Waals surface area (Å²) in [5.41, 5.74) is 0.396. The highest BCUT2D eigenvalue weighted by molar-refractivity contribution is 6.99. The van der Waals surface area contributed by atoms with Gasteiger partial charge in [0.1, 0.15) is 11.9 Å². The number of ketones is 1. The van der Waals surface area contributed by atoms with Crippen molar-refractivity contribution in [1.29, 1.82) is 0 Å². The average molecular weight is 603 g/mol. The van der Waals surface area contributed by atoms with Crippen LogP contribution in [0, 0.1) is 5.92 Å². The number of carbonyl (C=O) groups is 3. The van der Waals surface area contributed by atoms with Crippen molar-refractivity contribution in [2.75, 3.05) is 0 Å². The van der Waals surface area contributed by atoms with Crippen LogP contribution in [0.5, 0.6) is 0 Å². The Labute approximate surface area is 255 Å². The van der Waals surface area contributed by atoms with Crippen LogP contribution in [0.3, 0.4) is 0 Å². The molecule has 0 bridgehead atoms. The van der Waals surface area contributed by atoms with Crippen LogP contribution in [-0.4, -0.2) is 50.6 Å². The van der Waals surface area contributed by atoms with Crippen LogP contribution in [0.1, 0.15) is 64.7 Å². The zero-order valence-electron chi connectivity index (χ0n) is 25.8. The van der Waals surface area contributed by atoms with Crippen molar-refractivity contribution in [2.45, 2.75) is 84.0 Å². The Bertz CT molecular complexity index is 1330. The molecule has 7 nitrogen and oxygen atoms in total. The molecule has 0 N–H and O–H groups in total. The van der Waals surface area contributed by atoms with E-state index >= 15 is 0 Å². The van der Waals surface area contributed by atoms with E-state index in [1.807, 2.05) is 56.3 Å². The second-order valence-electron chi connectivity index (χ2n) is 12.2. The lowest BCUT2D eigenvalue weighted by molar-refractivity contribution is -0.258. The van der Waals surface area contributed by atoms with E-state index in [9.17, 15) is 14.4 Å². The molecule has 0 saturated carbocycles. The van der Waals surface area contributed by atoms with E-state index in [1.54, 1.807) is 24.3 Å². The molecule has 4 rings (SSSR count). The van der Waals surface area contributed by atoms with Crippen LogP contribution in [0.15, 0.2) is 91.0 Å². The van der Waals surface area contributed by atoms with Gasteiger partial charge in [0.15, 0.2) is 12.4 Å². The summed E-state index contributed by atoms with van der Waals surface area (Å²) in [6, 6.07) is 29.1. The van der Waals surface area contributed by atoms with Gasteiger partial charge in [-0.2, -0.15) is 0 Å². The predicted octanol–water partition coefficient (Wildman–Crippen LogP) is 5.45. The molecule has 5 atom stereocenters. The Morgan fingerprint density at radius 2 is 1.26 bits per heavy atom. The minimum absolute atomic E-state index is 0.0261. The van der Waals surface area contributed by atoms with Gasteiger partial charge in [-0.3, -0.25) is 4.79 Å². The Morgan fingerprint density at radius 3 is 1.74 bits per heavy atom. The number of benzene rings is 3. The fraction of sp³-hybridized carbons (Fsp3) is 0.400. The van der Waals surface area contributed by atoms with Gasteiger partial charge in [-0.15, -0.1) is 0 Å². The maximum Gasteiger partial charge on any atom is 0.338 e. The molecule has 228 valence electrons. The van der Waals surface area contributed by atoms with Crippen molar-refractivity contribution in [2.24, 2.45) is 5.92 Å². The van der Waals surface area contributed by atoms with E-state index in [1.165, 1.54) is 6.92 Å². The maximum absolute atomic E-state index is 13.4. The predicted molar refractivity (Wildman–Crippen MR) is 168 cm³/mol. The zero-order valence-corrected chi connectivity index (χ0v) is 26.8. The second kappa shape index (κ2) is 13.8.